The van der Waals surface area contributed by atoms with Crippen molar-refractivity contribution in [1.82, 2.24) is 14.6 Å². The van der Waals surface area contributed by atoms with Crippen LogP contribution in [0.15, 0.2) is 47.4 Å². The largest absolute Gasteiger partial charge is 0.493 e. The highest BCUT2D eigenvalue weighted by Crippen LogP contribution is 2.34. The fourth-order valence-electron chi connectivity index (χ4n) is 3.57. The summed E-state index contributed by atoms with van der Waals surface area (Å²) in [5.74, 6) is 0.540. The van der Waals surface area contributed by atoms with E-state index in [0.717, 1.165) is 36.8 Å². The van der Waals surface area contributed by atoms with Gasteiger partial charge in [-0.05, 0) is 29.8 Å². The molecule has 0 unspecified atom stereocenters. The van der Waals surface area contributed by atoms with Gasteiger partial charge in [-0.15, -0.1) is 0 Å². The van der Waals surface area contributed by atoms with Crippen LogP contribution >= 0.6 is 0 Å². The monoisotopic (exact) mass is 408 g/mol. The molecule has 0 amide bonds. The van der Waals surface area contributed by atoms with Gasteiger partial charge in [-0.2, -0.15) is 5.26 Å². The Balaban J connectivity index is 1.75. The van der Waals surface area contributed by atoms with Gasteiger partial charge >= 0.3 is 0 Å². The third-order valence-corrected chi connectivity index (χ3v) is 5.14. The molecule has 1 N–H and O–H groups in total. The molecule has 0 aliphatic carbocycles. The molecule has 8 heteroatoms. The van der Waals surface area contributed by atoms with Gasteiger partial charge in [0.05, 0.1) is 18.2 Å². The highest BCUT2D eigenvalue weighted by Gasteiger charge is 2.16. The van der Waals surface area contributed by atoms with E-state index in [9.17, 15) is 14.4 Å². The molecule has 1 aliphatic rings. The molecule has 0 atom stereocenters. The first-order valence-electron chi connectivity index (χ1n) is 9.60. The van der Waals surface area contributed by atoms with Gasteiger partial charge in [0.15, 0.2) is 11.5 Å². The van der Waals surface area contributed by atoms with Crippen LogP contribution in [0.25, 0.3) is 16.6 Å². The summed E-state index contributed by atoms with van der Waals surface area (Å²) in [4.78, 5) is 14.7. The molecule has 3 aromatic rings. The molecule has 3 heterocycles. The molecule has 0 bridgehead atoms. The Morgan fingerprint density at radius 3 is 2.70 bits per heavy atom. The summed E-state index contributed by atoms with van der Waals surface area (Å²) in [6, 6.07) is 11.4. The molecule has 30 heavy (non-hydrogen) atoms. The summed E-state index contributed by atoms with van der Waals surface area (Å²) in [7, 11) is 1.56. The fraction of sp³-hybridized carbons (Fsp3) is 0.273. The number of halogens is 1. The predicted octanol–water partition coefficient (Wildman–Crippen LogP) is 2.23. The summed E-state index contributed by atoms with van der Waals surface area (Å²) in [5.41, 5.74) is 1.32. The third-order valence-electron chi connectivity index (χ3n) is 5.14. The molecule has 1 fully saturated rings. The van der Waals surface area contributed by atoms with E-state index in [1.165, 1.54) is 18.2 Å². The standard InChI is InChI=1S/C22H21FN4O3/c1-29-20-5-2-15(10-21(20)30-14-26-8-6-25-7-9-26)17-11-22(28)27-13-16(23)3-4-19(27)18(17)12-24/h2-5,10-11,13,25H,6-9,14H2,1H3. The highest BCUT2D eigenvalue weighted by atomic mass is 19.1. The second-order valence-corrected chi connectivity index (χ2v) is 6.99. The van der Waals surface area contributed by atoms with Gasteiger partial charge < -0.3 is 14.8 Å². The summed E-state index contributed by atoms with van der Waals surface area (Å²) in [5, 5.41) is 13.0. The zero-order chi connectivity index (χ0) is 21.1. The van der Waals surface area contributed by atoms with E-state index in [-0.39, 0.29) is 5.56 Å². The lowest BCUT2D eigenvalue weighted by Crippen LogP contribution is -2.44. The van der Waals surface area contributed by atoms with E-state index in [0.29, 0.717) is 34.9 Å². The number of hydrogen-bond donors (Lipinski definition) is 1. The first-order valence-corrected chi connectivity index (χ1v) is 9.60. The minimum Gasteiger partial charge on any atom is -0.493 e. The molecule has 0 spiro atoms. The number of nitriles is 1. The Bertz CT molecular complexity index is 1180. The number of piperazine rings is 1. The molecule has 154 valence electrons. The van der Waals surface area contributed by atoms with E-state index in [1.807, 2.05) is 0 Å². The number of nitrogens with zero attached hydrogens (tertiary/aromatic N) is 3. The van der Waals surface area contributed by atoms with Gasteiger partial charge in [-0.3, -0.25) is 14.1 Å². The maximum atomic E-state index is 13.6. The normalized spacial score (nSPS) is 14.4. The molecule has 7 nitrogen and oxygen atoms in total. The SMILES string of the molecule is COc1ccc(-c2cc(=O)n3cc(F)ccc3c2C#N)cc1OCN1CCNCC1. The number of benzene rings is 1. The van der Waals surface area contributed by atoms with Crippen LogP contribution in [-0.2, 0) is 0 Å². The Kier molecular flexibility index (Phi) is 5.65. The molecule has 0 saturated carbocycles. The first kappa shape index (κ1) is 19.9. The average Bonchev–Trinajstić information content (AvgIpc) is 2.78. The smallest absolute Gasteiger partial charge is 0.255 e. The van der Waals surface area contributed by atoms with Crippen LogP contribution in [0.2, 0.25) is 0 Å². The van der Waals surface area contributed by atoms with Gasteiger partial charge in [0.2, 0.25) is 0 Å². The topological polar surface area (TPSA) is 79.0 Å². The van der Waals surface area contributed by atoms with Crippen LogP contribution in [-0.4, -0.2) is 49.3 Å². The Hall–Kier alpha value is -3.41. The predicted molar refractivity (Wildman–Crippen MR) is 110 cm³/mol. The van der Waals surface area contributed by atoms with Crippen molar-refractivity contribution in [3.63, 3.8) is 0 Å². The second kappa shape index (κ2) is 8.53. The summed E-state index contributed by atoms with van der Waals surface area (Å²) in [6.45, 7) is 4.00. The quantitative estimate of drug-likeness (QED) is 0.698. The van der Waals surface area contributed by atoms with Gasteiger partial charge in [-0.25, -0.2) is 4.39 Å². The van der Waals surface area contributed by atoms with E-state index in [2.05, 4.69) is 16.3 Å². The first-order chi connectivity index (χ1) is 14.6. The number of fused-ring (bicyclic) bond motifs is 1. The van der Waals surface area contributed by atoms with Crippen LogP contribution in [0, 0.1) is 17.1 Å². The lowest BCUT2D eigenvalue weighted by atomic mass is 9.99. The number of ether oxygens (including phenoxy) is 2. The van der Waals surface area contributed by atoms with Gasteiger partial charge in [-0.1, -0.05) is 6.07 Å². The lowest BCUT2D eigenvalue weighted by molar-refractivity contribution is 0.110. The summed E-state index contributed by atoms with van der Waals surface area (Å²) in [6.07, 6.45) is 1.08. The van der Waals surface area contributed by atoms with E-state index in [4.69, 9.17) is 9.47 Å². The van der Waals surface area contributed by atoms with Crippen LogP contribution in [0.3, 0.4) is 0 Å². The summed E-state index contributed by atoms with van der Waals surface area (Å²) >= 11 is 0. The minimum atomic E-state index is -0.547. The van der Waals surface area contributed by atoms with Crippen molar-refractivity contribution in [2.45, 2.75) is 0 Å². The number of pyridine rings is 2. The average molecular weight is 408 g/mol. The Morgan fingerprint density at radius 2 is 1.97 bits per heavy atom. The van der Waals surface area contributed by atoms with Crippen LogP contribution in [0.4, 0.5) is 4.39 Å². The number of rotatable bonds is 5. The maximum absolute atomic E-state index is 13.6. The number of hydrogen-bond acceptors (Lipinski definition) is 6. The van der Waals surface area contributed by atoms with Crippen molar-refractivity contribution < 1.29 is 13.9 Å². The van der Waals surface area contributed by atoms with Crippen molar-refractivity contribution in [3.8, 4) is 28.7 Å². The van der Waals surface area contributed by atoms with Crippen LogP contribution < -0.4 is 20.3 Å². The minimum absolute atomic E-state index is 0.285. The fourth-order valence-corrected chi connectivity index (χ4v) is 3.57. The van der Waals surface area contributed by atoms with Crippen molar-refractivity contribution in [2.75, 3.05) is 40.0 Å². The van der Waals surface area contributed by atoms with Gasteiger partial charge in [0.1, 0.15) is 18.6 Å². The zero-order valence-corrected chi connectivity index (χ0v) is 16.5. The number of aromatic nitrogens is 1. The van der Waals surface area contributed by atoms with Crippen LogP contribution in [0.1, 0.15) is 5.56 Å². The molecule has 2 aromatic heterocycles. The van der Waals surface area contributed by atoms with Crippen molar-refractivity contribution in [1.29, 1.82) is 5.26 Å². The molecule has 0 radical (unpaired) electrons. The highest BCUT2D eigenvalue weighted by molar-refractivity contribution is 5.80. The summed E-state index contributed by atoms with van der Waals surface area (Å²) < 4.78 is 26.1. The number of methoxy groups -OCH3 is 1. The van der Waals surface area contributed by atoms with E-state index < -0.39 is 11.4 Å². The molecule has 1 saturated heterocycles. The lowest BCUT2D eigenvalue weighted by Gasteiger charge is -2.27. The van der Waals surface area contributed by atoms with E-state index in [1.54, 1.807) is 25.3 Å². The third kappa shape index (κ3) is 3.85. The van der Waals surface area contributed by atoms with Crippen LogP contribution in [0.5, 0.6) is 11.5 Å². The van der Waals surface area contributed by atoms with E-state index >= 15 is 0 Å². The Morgan fingerprint density at radius 1 is 1.17 bits per heavy atom. The van der Waals surface area contributed by atoms with Gasteiger partial charge in [0.25, 0.3) is 5.56 Å². The maximum Gasteiger partial charge on any atom is 0.255 e. The van der Waals surface area contributed by atoms with Gasteiger partial charge in [0, 0.05) is 44.0 Å². The molecule has 4 rings (SSSR count). The second-order valence-electron chi connectivity index (χ2n) is 6.99. The molecule has 1 aromatic carbocycles. The van der Waals surface area contributed by atoms with Crippen molar-refractivity contribution in [3.05, 3.63) is 64.3 Å². The zero-order valence-electron chi connectivity index (χ0n) is 16.5. The van der Waals surface area contributed by atoms with Crippen molar-refractivity contribution in [2.24, 2.45) is 0 Å². The molecular weight excluding hydrogens is 387 g/mol. The van der Waals surface area contributed by atoms with Crippen molar-refractivity contribution >= 4 is 5.52 Å². The molecular formula is C22H21FN4O3. The Labute approximate surface area is 172 Å². The number of nitrogens with one attached hydrogen (secondary N) is 1. The molecule has 1 aliphatic heterocycles.